The van der Waals surface area contributed by atoms with Gasteiger partial charge < -0.3 is 9.64 Å². The van der Waals surface area contributed by atoms with Gasteiger partial charge in [0.05, 0.1) is 17.6 Å². The average Bonchev–Trinajstić information content (AvgIpc) is 2.38. The molecule has 0 bridgehead atoms. The number of amides is 1. The van der Waals surface area contributed by atoms with Gasteiger partial charge in [-0.25, -0.2) is 0 Å². The lowest BCUT2D eigenvalue weighted by Gasteiger charge is -2.31. The fourth-order valence-electron chi connectivity index (χ4n) is 1.91. The number of rotatable bonds is 2. The smallest absolute Gasteiger partial charge is 0.269 e. The molecule has 1 aliphatic rings. The Bertz CT molecular complexity index is 458. The molecule has 96 valence electrons. The number of carbonyl (C=O) groups is 1. The molecule has 1 amide bonds. The Morgan fingerprint density at radius 2 is 2.11 bits per heavy atom. The van der Waals surface area contributed by atoms with Crippen molar-refractivity contribution >= 4 is 11.6 Å². The standard InChI is InChI=1S/C12H14N2O4/c1-9-8-13(6-7-18-9)12(15)10-2-4-11(5-3-10)14(16)17/h2-5,9H,6-8H2,1H3/t9-/m1/s1. The van der Waals surface area contributed by atoms with Gasteiger partial charge in [0.2, 0.25) is 0 Å². The normalized spacial score (nSPS) is 19.6. The van der Waals surface area contributed by atoms with Crippen molar-refractivity contribution in [3.8, 4) is 0 Å². The highest BCUT2D eigenvalue weighted by Gasteiger charge is 2.22. The molecule has 0 aromatic heterocycles. The minimum atomic E-state index is -0.481. The highest BCUT2D eigenvalue weighted by molar-refractivity contribution is 5.94. The van der Waals surface area contributed by atoms with E-state index in [0.717, 1.165) is 0 Å². The number of hydrogen-bond acceptors (Lipinski definition) is 4. The van der Waals surface area contributed by atoms with Crippen LogP contribution in [0.15, 0.2) is 24.3 Å². The summed E-state index contributed by atoms with van der Waals surface area (Å²) >= 11 is 0. The Balaban J connectivity index is 2.10. The van der Waals surface area contributed by atoms with Crippen molar-refractivity contribution in [2.45, 2.75) is 13.0 Å². The maximum Gasteiger partial charge on any atom is 0.269 e. The summed E-state index contributed by atoms with van der Waals surface area (Å²) in [5.74, 6) is -0.111. The Hall–Kier alpha value is -1.95. The van der Waals surface area contributed by atoms with Crippen LogP contribution in [0.5, 0.6) is 0 Å². The summed E-state index contributed by atoms with van der Waals surface area (Å²) < 4.78 is 5.36. The molecule has 1 aromatic carbocycles. The molecular weight excluding hydrogens is 236 g/mol. The Kier molecular flexibility index (Phi) is 3.57. The summed E-state index contributed by atoms with van der Waals surface area (Å²) in [7, 11) is 0. The van der Waals surface area contributed by atoms with E-state index >= 15 is 0 Å². The van der Waals surface area contributed by atoms with Crippen molar-refractivity contribution in [1.82, 2.24) is 4.90 Å². The first-order valence-corrected chi connectivity index (χ1v) is 5.73. The lowest BCUT2D eigenvalue weighted by molar-refractivity contribution is -0.384. The third kappa shape index (κ3) is 2.65. The third-order valence-corrected chi connectivity index (χ3v) is 2.85. The van der Waals surface area contributed by atoms with Gasteiger partial charge in [0, 0.05) is 30.8 Å². The second-order valence-corrected chi connectivity index (χ2v) is 4.24. The van der Waals surface area contributed by atoms with Gasteiger partial charge in [-0.15, -0.1) is 0 Å². The maximum absolute atomic E-state index is 12.1. The van der Waals surface area contributed by atoms with E-state index in [1.54, 1.807) is 4.90 Å². The molecule has 6 heteroatoms. The van der Waals surface area contributed by atoms with Gasteiger partial charge in [-0.3, -0.25) is 14.9 Å². The summed E-state index contributed by atoms with van der Waals surface area (Å²) in [4.78, 5) is 23.9. The summed E-state index contributed by atoms with van der Waals surface area (Å²) in [5, 5.41) is 10.5. The molecule has 18 heavy (non-hydrogen) atoms. The zero-order valence-electron chi connectivity index (χ0n) is 10.0. The number of non-ortho nitro benzene ring substituents is 1. The van der Waals surface area contributed by atoms with Crippen LogP contribution in [0.1, 0.15) is 17.3 Å². The van der Waals surface area contributed by atoms with Crippen molar-refractivity contribution in [1.29, 1.82) is 0 Å². The van der Waals surface area contributed by atoms with E-state index in [1.165, 1.54) is 24.3 Å². The second kappa shape index (κ2) is 5.14. The Labute approximate surface area is 104 Å². The zero-order chi connectivity index (χ0) is 13.1. The molecule has 6 nitrogen and oxygen atoms in total. The third-order valence-electron chi connectivity index (χ3n) is 2.85. The number of hydrogen-bond donors (Lipinski definition) is 0. The second-order valence-electron chi connectivity index (χ2n) is 4.24. The van der Waals surface area contributed by atoms with Crippen LogP contribution in [0.4, 0.5) is 5.69 Å². The number of morpholine rings is 1. The van der Waals surface area contributed by atoms with Gasteiger partial charge in [0.25, 0.3) is 11.6 Å². The summed E-state index contributed by atoms with van der Waals surface area (Å²) in [6.45, 7) is 3.55. The van der Waals surface area contributed by atoms with E-state index in [9.17, 15) is 14.9 Å². The van der Waals surface area contributed by atoms with E-state index in [0.29, 0.717) is 25.3 Å². The summed E-state index contributed by atoms with van der Waals surface area (Å²) in [6, 6.07) is 5.66. The first kappa shape index (κ1) is 12.5. The number of nitro groups is 1. The molecule has 0 N–H and O–H groups in total. The first-order valence-electron chi connectivity index (χ1n) is 5.73. The van der Waals surface area contributed by atoms with E-state index in [2.05, 4.69) is 0 Å². The predicted octanol–water partition coefficient (Wildman–Crippen LogP) is 1.46. The molecule has 1 aromatic rings. The number of benzene rings is 1. The largest absolute Gasteiger partial charge is 0.375 e. The Morgan fingerprint density at radius 1 is 1.44 bits per heavy atom. The fraction of sp³-hybridized carbons (Fsp3) is 0.417. The highest BCUT2D eigenvalue weighted by atomic mass is 16.6. The van der Waals surface area contributed by atoms with Gasteiger partial charge in [-0.2, -0.15) is 0 Å². The van der Waals surface area contributed by atoms with Crippen molar-refractivity contribution in [3.05, 3.63) is 39.9 Å². The topological polar surface area (TPSA) is 72.7 Å². The fourth-order valence-corrected chi connectivity index (χ4v) is 1.91. The number of carbonyl (C=O) groups excluding carboxylic acids is 1. The number of nitro benzene ring substituents is 1. The van der Waals surface area contributed by atoms with Gasteiger partial charge in [0.15, 0.2) is 0 Å². The van der Waals surface area contributed by atoms with Crippen molar-refractivity contribution in [3.63, 3.8) is 0 Å². The van der Waals surface area contributed by atoms with E-state index in [4.69, 9.17) is 4.74 Å². The van der Waals surface area contributed by atoms with Gasteiger partial charge in [0.1, 0.15) is 0 Å². The van der Waals surface area contributed by atoms with Gasteiger partial charge in [-0.05, 0) is 19.1 Å². The zero-order valence-corrected chi connectivity index (χ0v) is 10.0. The summed E-state index contributed by atoms with van der Waals surface area (Å²) in [5.41, 5.74) is 0.455. The molecule has 1 fully saturated rings. The van der Waals surface area contributed by atoms with E-state index < -0.39 is 4.92 Å². The van der Waals surface area contributed by atoms with Crippen molar-refractivity contribution in [2.75, 3.05) is 19.7 Å². The molecule has 0 saturated carbocycles. The van der Waals surface area contributed by atoms with Crippen LogP contribution in [0.2, 0.25) is 0 Å². The number of ether oxygens (including phenoxy) is 1. The lowest BCUT2D eigenvalue weighted by Crippen LogP contribution is -2.44. The van der Waals surface area contributed by atoms with Crippen LogP contribution in [0.25, 0.3) is 0 Å². The SMILES string of the molecule is C[C@@H]1CN(C(=O)c2ccc([N+](=O)[O-])cc2)CCO1. The van der Waals surface area contributed by atoms with Crippen LogP contribution in [0.3, 0.4) is 0 Å². The molecule has 0 spiro atoms. The van der Waals surface area contributed by atoms with E-state index in [-0.39, 0.29) is 17.7 Å². The van der Waals surface area contributed by atoms with Crippen LogP contribution in [0, 0.1) is 10.1 Å². The molecule has 1 atom stereocenters. The van der Waals surface area contributed by atoms with Crippen molar-refractivity contribution in [2.24, 2.45) is 0 Å². The molecule has 1 saturated heterocycles. The van der Waals surface area contributed by atoms with Crippen LogP contribution < -0.4 is 0 Å². The molecule has 1 heterocycles. The molecular formula is C12H14N2O4. The minimum absolute atomic E-state index is 0.0121. The molecule has 2 rings (SSSR count). The molecule has 0 aliphatic carbocycles. The van der Waals surface area contributed by atoms with E-state index in [1.807, 2.05) is 6.92 Å². The molecule has 0 radical (unpaired) electrons. The van der Waals surface area contributed by atoms with Crippen molar-refractivity contribution < 1.29 is 14.5 Å². The summed E-state index contributed by atoms with van der Waals surface area (Å²) in [6.07, 6.45) is 0.0285. The highest BCUT2D eigenvalue weighted by Crippen LogP contribution is 2.15. The van der Waals surface area contributed by atoms with Gasteiger partial charge >= 0.3 is 0 Å². The maximum atomic E-state index is 12.1. The van der Waals surface area contributed by atoms with Crippen LogP contribution >= 0.6 is 0 Å². The minimum Gasteiger partial charge on any atom is -0.375 e. The first-order chi connectivity index (χ1) is 8.58. The quantitative estimate of drug-likeness (QED) is 0.588. The monoisotopic (exact) mass is 250 g/mol. The Morgan fingerprint density at radius 3 is 2.67 bits per heavy atom. The molecule has 1 aliphatic heterocycles. The van der Waals surface area contributed by atoms with Gasteiger partial charge in [-0.1, -0.05) is 0 Å². The van der Waals surface area contributed by atoms with Crippen LogP contribution in [-0.2, 0) is 4.74 Å². The predicted molar refractivity (Wildman–Crippen MR) is 64.4 cm³/mol. The average molecular weight is 250 g/mol. The van der Waals surface area contributed by atoms with Crippen LogP contribution in [-0.4, -0.2) is 41.5 Å². The molecule has 0 unspecified atom stereocenters. The number of nitrogens with zero attached hydrogens (tertiary/aromatic N) is 2. The lowest BCUT2D eigenvalue weighted by atomic mass is 10.1.